The standard InChI is InChI=1S/C15H15NO5/c1-10-15(13(17)6-7-20-10)21-9-14(18)16-11-4-3-5-12(8-11)19-2/h3-8H,9H2,1-2H3,(H,16,18). The number of methoxy groups -OCH3 is 1. The van der Waals surface area contributed by atoms with Crippen LogP contribution in [0.25, 0.3) is 0 Å². The molecule has 1 amide bonds. The Balaban J connectivity index is 1.97. The van der Waals surface area contributed by atoms with Crippen LogP contribution in [0.3, 0.4) is 0 Å². The summed E-state index contributed by atoms with van der Waals surface area (Å²) in [6, 6.07) is 8.17. The topological polar surface area (TPSA) is 77.8 Å². The van der Waals surface area contributed by atoms with E-state index in [0.29, 0.717) is 17.2 Å². The van der Waals surface area contributed by atoms with Gasteiger partial charge in [-0.05, 0) is 19.1 Å². The molecule has 1 aromatic carbocycles. The highest BCUT2D eigenvalue weighted by Crippen LogP contribution is 2.16. The lowest BCUT2D eigenvalue weighted by molar-refractivity contribution is -0.118. The summed E-state index contributed by atoms with van der Waals surface area (Å²) in [4.78, 5) is 23.4. The largest absolute Gasteiger partial charge is 0.497 e. The van der Waals surface area contributed by atoms with E-state index >= 15 is 0 Å². The Labute approximate surface area is 121 Å². The maximum absolute atomic E-state index is 11.8. The SMILES string of the molecule is COc1cccc(NC(=O)COc2c(C)occc2=O)c1. The fourth-order valence-electron chi connectivity index (χ4n) is 1.71. The zero-order valence-electron chi connectivity index (χ0n) is 11.7. The molecule has 110 valence electrons. The van der Waals surface area contributed by atoms with Gasteiger partial charge in [0.1, 0.15) is 11.5 Å². The van der Waals surface area contributed by atoms with Gasteiger partial charge in [-0.2, -0.15) is 0 Å². The Bertz CT molecular complexity index is 692. The number of aryl methyl sites for hydroxylation is 1. The molecule has 0 saturated carbocycles. The molecule has 2 rings (SSSR count). The second-order valence-corrected chi connectivity index (χ2v) is 4.24. The first-order chi connectivity index (χ1) is 10.1. The third-order valence-corrected chi connectivity index (χ3v) is 2.71. The van der Waals surface area contributed by atoms with E-state index in [4.69, 9.17) is 13.9 Å². The van der Waals surface area contributed by atoms with Crippen LogP contribution < -0.4 is 20.2 Å². The van der Waals surface area contributed by atoms with Gasteiger partial charge in [-0.1, -0.05) is 6.07 Å². The highest BCUT2D eigenvalue weighted by Gasteiger charge is 2.10. The van der Waals surface area contributed by atoms with Crippen molar-refractivity contribution in [1.82, 2.24) is 0 Å². The molecule has 1 heterocycles. The Morgan fingerprint density at radius 2 is 2.14 bits per heavy atom. The smallest absolute Gasteiger partial charge is 0.262 e. The molecule has 0 saturated heterocycles. The summed E-state index contributed by atoms with van der Waals surface area (Å²) < 4.78 is 15.3. The molecule has 0 atom stereocenters. The predicted molar refractivity (Wildman–Crippen MR) is 76.8 cm³/mol. The average molecular weight is 289 g/mol. The molecule has 0 spiro atoms. The number of hydrogen-bond acceptors (Lipinski definition) is 5. The Morgan fingerprint density at radius 3 is 2.86 bits per heavy atom. The van der Waals surface area contributed by atoms with E-state index < -0.39 is 0 Å². The Kier molecular flexibility index (Phi) is 4.61. The molecule has 21 heavy (non-hydrogen) atoms. The highest BCUT2D eigenvalue weighted by atomic mass is 16.5. The number of ether oxygens (including phenoxy) is 2. The molecule has 1 aromatic heterocycles. The quantitative estimate of drug-likeness (QED) is 0.910. The fourth-order valence-corrected chi connectivity index (χ4v) is 1.71. The first-order valence-electron chi connectivity index (χ1n) is 6.25. The van der Waals surface area contributed by atoms with Gasteiger partial charge < -0.3 is 19.2 Å². The van der Waals surface area contributed by atoms with Crippen LogP contribution in [0.2, 0.25) is 0 Å². The van der Waals surface area contributed by atoms with Crippen molar-refractivity contribution in [2.75, 3.05) is 19.0 Å². The lowest BCUT2D eigenvalue weighted by Crippen LogP contribution is -2.22. The monoisotopic (exact) mass is 289 g/mol. The van der Waals surface area contributed by atoms with E-state index in [1.54, 1.807) is 38.3 Å². The van der Waals surface area contributed by atoms with Crippen molar-refractivity contribution in [1.29, 1.82) is 0 Å². The number of benzene rings is 1. The molecular weight excluding hydrogens is 274 g/mol. The molecule has 6 nitrogen and oxygen atoms in total. The highest BCUT2D eigenvalue weighted by molar-refractivity contribution is 5.92. The van der Waals surface area contributed by atoms with Gasteiger partial charge in [-0.3, -0.25) is 9.59 Å². The number of anilines is 1. The molecule has 0 aliphatic rings. The van der Waals surface area contributed by atoms with Gasteiger partial charge in [0.2, 0.25) is 11.2 Å². The van der Waals surface area contributed by atoms with Crippen LogP contribution in [0, 0.1) is 6.92 Å². The van der Waals surface area contributed by atoms with Crippen LogP contribution in [0.5, 0.6) is 11.5 Å². The van der Waals surface area contributed by atoms with E-state index in [1.807, 2.05) is 0 Å². The van der Waals surface area contributed by atoms with E-state index in [-0.39, 0.29) is 23.7 Å². The lowest BCUT2D eigenvalue weighted by atomic mass is 10.3. The van der Waals surface area contributed by atoms with Gasteiger partial charge in [-0.25, -0.2) is 0 Å². The summed E-state index contributed by atoms with van der Waals surface area (Å²) in [5.74, 6) is 0.620. The van der Waals surface area contributed by atoms with Gasteiger partial charge in [0.15, 0.2) is 6.61 Å². The summed E-state index contributed by atoms with van der Waals surface area (Å²) in [6.45, 7) is 1.31. The second kappa shape index (κ2) is 6.60. The number of hydrogen-bond donors (Lipinski definition) is 1. The normalized spacial score (nSPS) is 10.0. The third-order valence-electron chi connectivity index (χ3n) is 2.71. The molecule has 0 radical (unpaired) electrons. The van der Waals surface area contributed by atoms with E-state index in [0.717, 1.165) is 0 Å². The first-order valence-corrected chi connectivity index (χ1v) is 6.25. The minimum absolute atomic E-state index is 0.0401. The molecule has 0 aliphatic carbocycles. The number of nitrogens with one attached hydrogen (secondary N) is 1. The number of rotatable bonds is 5. The van der Waals surface area contributed by atoms with Crippen LogP contribution in [-0.2, 0) is 4.79 Å². The molecule has 2 aromatic rings. The van der Waals surface area contributed by atoms with Crippen LogP contribution in [0.1, 0.15) is 5.76 Å². The van der Waals surface area contributed by atoms with Crippen molar-refractivity contribution in [2.24, 2.45) is 0 Å². The molecule has 0 fully saturated rings. The summed E-state index contributed by atoms with van der Waals surface area (Å²) in [5, 5.41) is 2.65. The van der Waals surface area contributed by atoms with Crippen LogP contribution in [-0.4, -0.2) is 19.6 Å². The van der Waals surface area contributed by atoms with E-state index in [1.165, 1.54) is 12.3 Å². The average Bonchev–Trinajstić information content (AvgIpc) is 2.47. The third kappa shape index (κ3) is 3.85. The van der Waals surface area contributed by atoms with E-state index in [2.05, 4.69) is 5.32 Å². The predicted octanol–water partition coefficient (Wildman–Crippen LogP) is 1.97. The Morgan fingerprint density at radius 1 is 1.33 bits per heavy atom. The Hall–Kier alpha value is -2.76. The zero-order chi connectivity index (χ0) is 15.2. The van der Waals surface area contributed by atoms with Crippen LogP contribution >= 0.6 is 0 Å². The van der Waals surface area contributed by atoms with Crippen molar-refractivity contribution in [3.8, 4) is 11.5 Å². The maximum atomic E-state index is 11.8. The van der Waals surface area contributed by atoms with Gasteiger partial charge in [0.05, 0.1) is 13.4 Å². The number of carbonyl (C=O) groups is 1. The van der Waals surface area contributed by atoms with Crippen LogP contribution in [0.4, 0.5) is 5.69 Å². The lowest BCUT2D eigenvalue weighted by Gasteiger charge is -2.09. The first kappa shape index (κ1) is 14.6. The molecule has 0 aliphatic heterocycles. The number of carbonyl (C=O) groups excluding carboxylic acids is 1. The van der Waals surface area contributed by atoms with Gasteiger partial charge in [0.25, 0.3) is 5.91 Å². The van der Waals surface area contributed by atoms with Gasteiger partial charge in [0, 0.05) is 17.8 Å². The van der Waals surface area contributed by atoms with Crippen molar-refractivity contribution in [3.63, 3.8) is 0 Å². The minimum Gasteiger partial charge on any atom is -0.497 e. The zero-order valence-corrected chi connectivity index (χ0v) is 11.7. The number of amides is 1. The molecule has 1 N–H and O–H groups in total. The molecule has 6 heteroatoms. The minimum atomic E-state index is -0.383. The summed E-state index contributed by atoms with van der Waals surface area (Å²) in [5.41, 5.74) is 0.257. The van der Waals surface area contributed by atoms with Crippen molar-refractivity contribution < 1.29 is 18.7 Å². The summed E-state index contributed by atoms with van der Waals surface area (Å²) in [7, 11) is 1.54. The van der Waals surface area contributed by atoms with Gasteiger partial charge >= 0.3 is 0 Å². The van der Waals surface area contributed by atoms with Gasteiger partial charge in [-0.15, -0.1) is 0 Å². The van der Waals surface area contributed by atoms with Crippen molar-refractivity contribution in [2.45, 2.75) is 6.92 Å². The summed E-state index contributed by atoms with van der Waals surface area (Å²) >= 11 is 0. The van der Waals surface area contributed by atoms with E-state index in [9.17, 15) is 9.59 Å². The van der Waals surface area contributed by atoms with Crippen molar-refractivity contribution in [3.05, 3.63) is 52.6 Å². The molecular formula is C15H15NO5. The second-order valence-electron chi connectivity index (χ2n) is 4.24. The molecule has 0 bridgehead atoms. The summed E-state index contributed by atoms with van der Waals surface area (Å²) in [6.07, 6.45) is 1.28. The van der Waals surface area contributed by atoms with Crippen LogP contribution in [0.15, 0.2) is 45.8 Å². The fraction of sp³-hybridized carbons (Fsp3) is 0.200. The maximum Gasteiger partial charge on any atom is 0.262 e. The van der Waals surface area contributed by atoms with Crippen molar-refractivity contribution >= 4 is 11.6 Å². The molecule has 0 unspecified atom stereocenters.